The van der Waals surface area contributed by atoms with Gasteiger partial charge in [-0.2, -0.15) is 4.31 Å². The van der Waals surface area contributed by atoms with Gasteiger partial charge in [-0.3, -0.25) is 0 Å². The Bertz CT molecular complexity index is 843. The highest BCUT2D eigenvalue weighted by Crippen LogP contribution is 2.24. The van der Waals surface area contributed by atoms with E-state index in [9.17, 15) is 12.8 Å². The van der Waals surface area contributed by atoms with E-state index >= 15 is 0 Å². The monoisotopic (exact) mass is 366 g/mol. The average molecular weight is 366 g/mol. The predicted octanol–water partition coefficient (Wildman–Crippen LogP) is 1.52. The summed E-state index contributed by atoms with van der Waals surface area (Å²) in [5.74, 6) is 0.644. The van der Waals surface area contributed by atoms with Crippen LogP contribution in [0.4, 0.5) is 10.2 Å². The number of hydrogen-bond acceptors (Lipinski definition) is 6. The first-order valence-corrected chi connectivity index (χ1v) is 9.22. The standard InChI is InChI=1S/C16H19FN4O3S/c1-20(2)15-9-16(19-11-18-15)24-13-7-8-21(10-13)25(22,23)14-5-3-12(17)4-6-14/h3-6,9,11,13H,7-8,10H2,1-2H3. The second-order valence-corrected chi connectivity index (χ2v) is 7.89. The summed E-state index contributed by atoms with van der Waals surface area (Å²) in [5, 5.41) is 0. The lowest BCUT2D eigenvalue weighted by Gasteiger charge is -2.17. The van der Waals surface area contributed by atoms with Crippen molar-refractivity contribution >= 4 is 15.8 Å². The molecule has 2 aromatic rings. The lowest BCUT2D eigenvalue weighted by atomic mass is 10.3. The van der Waals surface area contributed by atoms with Gasteiger partial charge in [0, 0.05) is 26.7 Å². The van der Waals surface area contributed by atoms with Gasteiger partial charge in [-0.05, 0) is 30.7 Å². The van der Waals surface area contributed by atoms with Crippen LogP contribution in [0.5, 0.6) is 5.88 Å². The van der Waals surface area contributed by atoms with Crippen LogP contribution in [0.3, 0.4) is 0 Å². The number of hydrogen-bond donors (Lipinski definition) is 0. The minimum absolute atomic E-state index is 0.0754. The van der Waals surface area contributed by atoms with Crippen LogP contribution >= 0.6 is 0 Å². The summed E-state index contributed by atoms with van der Waals surface area (Å²) in [6.07, 6.45) is 1.68. The van der Waals surface area contributed by atoms with Gasteiger partial charge in [0.25, 0.3) is 0 Å². The van der Waals surface area contributed by atoms with Crippen molar-refractivity contribution in [2.24, 2.45) is 0 Å². The molecule has 1 unspecified atom stereocenters. The first-order chi connectivity index (χ1) is 11.9. The fraction of sp³-hybridized carbons (Fsp3) is 0.375. The van der Waals surface area contributed by atoms with Crippen molar-refractivity contribution in [3.05, 3.63) is 42.5 Å². The Morgan fingerprint density at radius 2 is 1.96 bits per heavy atom. The molecule has 3 rings (SSSR count). The molecule has 0 amide bonds. The molecule has 7 nitrogen and oxygen atoms in total. The van der Waals surface area contributed by atoms with E-state index in [0.29, 0.717) is 24.7 Å². The van der Waals surface area contributed by atoms with Gasteiger partial charge in [-0.15, -0.1) is 0 Å². The normalized spacial score (nSPS) is 18.3. The van der Waals surface area contributed by atoms with Gasteiger partial charge in [-0.1, -0.05) is 0 Å². The van der Waals surface area contributed by atoms with E-state index in [2.05, 4.69) is 9.97 Å². The maximum atomic E-state index is 13.0. The largest absolute Gasteiger partial charge is 0.473 e. The third-order valence-electron chi connectivity index (χ3n) is 3.93. The molecule has 2 heterocycles. The summed E-state index contributed by atoms with van der Waals surface area (Å²) in [7, 11) is 0.0630. The van der Waals surface area contributed by atoms with Crippen LogP contribution in [-0.4, -0.2) is 56.0 Å². The van der Waals surface area contributed by atoms with E-state index in [-0.39, 0.29) is 17.5 Å². The molecule has 0 aliphatic carbocycles. The molecule has 1 atom stereocenters. The average Bonchev–Trinajstić information content (AvgIpc) is 3.05. The van der Waals surface area contributed by atoms with Crippen molar-refractivity contribution in [3.63, 3.8) is 0 Å². The molecule has 1 aliphatic heterocycles. The molecule has 0 N–H and O–H groups in total. The highest BCUT2D eigenvalue weighted by atomic mass is 32.2. The number of rotatable bonds is 5. The zero-order chi connectivity index (χ0) is 18.0. The molecule has 1 saturated heterocycles. The number of ether oxygens (including phenoxy) is 1. The maximum Gasteiger partial charge on any atom is 0.243 e. The van der Waals surface area contributed by atoms with Crippen LogP contribution in [0.2, 0.25) is 0 Å². The number of anilines is 1. The molecular formula is C16H19FN4O3S. The molecule has 1 aromatic carbocycles. The minimum atomic E-state index is -3.66. The van der Waals surface area contributed by atoms with Crippen molar-refractivity contribution in [1.82, 2.24) is 14.3 Å². The molecule has 1 aliphatic rings. The molecule has 25 heavy (non-hydrogen) atoms. The Labute approximate surface area is 146 Å². The molecule has 9 heteroatoms. The lowest BCUT2D eigenvalue weighted by Crippen LogP contribution is -2.31. The lowest BCUT2D eigenvalue weighted by molar-refractivity contribution is 0.206. The molecule has 1 aromatic heterocycles. The van der Waals surface area contributed by atoms with Gasteiger partial charge in [0.1, 0.15) is 24.1 Å². The Hall–Kier alpha value is -2.26. The van der Waals surface area contributed by atoms with E-state index < -0.39 is 15.8 Å². The van der Waals surface area contributed by atoms with Gasteiger partial charge >= 0.3 is 0 Å². The highest BCUT2D eigenvalue weighted by molar-refractivity contribution is 7.89. The van der Waals surface area contributed by atoms with Crippen LogP contribution in [-0.2, 0) is 10.0 Å². The topological polar surface area (TPSA) is 75.6 Å². The SMILES string of the molecule is CN(C)c1cc(OC2CCN(S(=O)(=O)c3ccc(F)cc3)C2)ncn1. The number of aromatic nitrogens is 2. The van der Waals surface area contributed by atoms with Crippen LogP contribution in [0, 0.1) is 5.82 Å². The van der Waals surface area contributed by atoms with E-state index in [1.54, 1.807) is 6.07 Å². The van der Waals surface area contributed by atoms with Crippen LogP contribution < -0.4 is 9.64 Å². The van der Waals surface area contributed by atoms with Gasteiger partial charge < -0.3 is 9.64 Å². The van der Waals surface area contributed by atoms with E-state index in [4.69, 9.17) is 4.74 Å². The maximum absolute atomic E-state index is 13.0. The molecule has 134 valence electrons. The second kappa shape index (κ2) is 6.93. The molecule has 0 saturated carbocycles. The Morgan fingerprint density at radius 3 is 2.64 bits per heavy atom. The van der Waals surface area contributed by atoms with Crippen molar-refractivity contribution in [1.29, 1.82) is 0 Å². The number of halogens is 1. The van der Waals surface area contributed by atoms with E-state index in [1.807, 2.05) is 19.0 Å². The Morgan fingerprint density at radius 1 is 1.24 bits per heavy atom. The molecular weight excluding hydrogens is 347 g/mol. The quantitative estimate of drug-likeness (QED) is 0.799. The third kappa shape index (κ3) is 3.88. The Kier molecular flexibility index (Phi) is 4.87. The second-order valence-electron chi connectivity index (χ2n) is 5.95. The van der Waals surface area contributed by atoms with Crippen LogP contribution in [0.15, 0.2) is 41.6 Å². The molecule has 1 fully saturated rings. The zero-order valence-electron chi connectivity index (χ0n) is 14.0. The number of benzene rings is 1. The van der Waals surface area contributed by atoms with Crippen molar-refractivity contribution in [3.8, 4) is 5.88 Å². The summed E-state index contributed by atoms with van der Waals surface area (Å²) in [4.78, 5) is 10.1. The zero-order valence-corrected chi connectivity index (χ0v) is 14.8. The van der Waals surface area contributed by atoms with Crippen LogP contribution in [0.1, 0.15) is 6.42 Å². The Balaban J connectivity index is 1.69. The molecule has 0 spiro atoms. The first kappa shape index (κ1) is 17.6. The summed E-state index contributed by atoms with van der Waals surface area (Å²) in [6, 6.07) is 6.53. The predicted molar refractivity (Wildman–Crippen MR) is 90.6 cm³/mol. The van der Waals surface area contributed by atoms with Gasteiger partial charge in [0.2, 0.25) is 15.9 Å². The van der Waals surface area contributed by atoms with Gasteiger partial charge in [0.05, 0.1) is 11.4 Å². The summed E-state index contributed by atoms with van der Waals surface area (Å²) < 4.78 is 45.4. The summed E-state index contributed by atoms with van der Waals surface area (Å²) >= 11 is 0. The van der Waals surface area contributed by atoms with Gasteiger partial charge in [-0.25, -0.2) is 22.8 Å². The molecule has 0 radical (unpaired) electrons. The third-order valence-corrected chi connectivity index (χ3v) is 5.81. The van der Waals surface area contributed by atoms with Crippen molar-refractivity contribution < 1.29 is 17.5 Å². The number of sulfonamides is 1. The summed E-state index contributed by atoms with van der Waals surface area (Å²) in [6.45, 7) is 0.566. The van der Waals surface area contributed by atoms with Crippen molar-refractivity contribution in [2.75, 3.05) is 32.1 Å². The van der Waals surface area contributed by atoms with Gasteiger partial charge in [0.15, 0.2) is 0 Å². The van der Waals surface area contributed by atoms with Crippen LogP contribution in [0.25, 0.3) is 0 Å². The number of nitrogens with zero attached hydrogens (tertiary/aromatic N) is 4. The fourth-order valence-electron chi connectivity index (χ4n) is 2.58. The minimum Gasteiger partial charge on any atom is -0.473 e. The first-order valence-electron chi connectivity index (χ1n) is 7.78. The van der Waals surface area contributed by atoms with E-state index in [1.165, 1.54) is 22.8 Å². The van der Waals surface area contributed by atoms with Crippen molar-refractivity contribution in [2.45, 2.75) is 17.4 Å². The fourth-order valence-corrected chi connectivity index (χ4v) is 4.06. The highest BCUT2D eigenvalue weighted by Gasteiger charge is 2.33. The summed E-state index contributed by atoms with van der Waals surface area (Å²) in [5.41, 5.74) is 0. The molecule has 0 bridgehead atoms. The smallest absolute Gasteiger partial charge is 0.243 e. The van der Waals surface area contributed by atoms with E-state index in [0.717, 1.165) is 12.1 Å².